The maximum Gasteiger partial charge on any atom is 0.340 e. The van der Waals surface area contributed by atoms with Crippen LogP contribution in [-0.4, -0.2) is 28.4 Å². The van der Waals surface area contributed by atoms with Crippen molar-refractivity contribution in [2.75, 3.05) is 18.2 Å². The standard InChI is InChI=1S/C10H14ClN5O2/c1-7-4-9(12)8(5-13-7)6-14-10(17)16(15-18)3-2-11/h4-5H,2-3,6H2,1H3,(H2,12,13)(H,14,17). The summed E-state index contributed by atoms with van der Waals surface area (Å²) in [6.07, 6.45) is 1.57. The van der Waals surface area contributed by atoms with Gasteiger partial charge in [-0.25, -0.2) is 4.79 Å². The van der Waals surface area contributed by atoms with E-state index >= 15 is 0 Å². The number of nitroso groups, excluding NO2 is 1. The molecule has 0 aromatic carbocycles. The fourth-order valence-corrected chi connectivity index (χ4v) is 1.44. The summed E-state index contributed by atoms with van der Waals surface area (Å²) in [6, 6.07) is 1.08. The zero-order valence-corrected chi connectivity index (χ0v) is 10.6. The number of nitrogens with one attached hydrogen (secondary N) is 1. The number of rotatable bonds is 5. The molecular formula is C10H14ClN5O2. The molecule has 0 aliphatic carbocycles. The van der Waals surface area contributed by atoms with Crippen LogP contribution in [0.2, 0.25) is 0 Å². The quantitative estimate of drug-likeness (QED) is 0.480. The molecule has 1 aromatic heterocycles. The van der Waals surface area contributed by atoms with Crippen LogP contribution in [0, 0.1) is 11.8 Å². The highest BCUT2D eigenvalue weighted by Gasteiger charge is 2.13. The number of amides is 2. The monoisotopic (exact) mass is 271 g/mol. The van der Waals surface area contributed by atoms with Crippen molar-refractivity contribution in [3.8, 4) is 0 Å². The number of carbonyl (C=O) groups excluding carboxylic acids is 1. The summed E-state index contributed by atoms with van der Waals surface area (Å²) in [7, 11) is 0. The number of alkyl halides is 1. The molecule has 2 amide bonds. The highest BCUT2D eigenvalue weighted by atomic mass is 35.5. The molecule has 0 unspecified atom stereocenters. The first kappa shape index (κ1) is 14.2. The van der Waals surface area contributed by atoms with Crippen molar-refractivity contribution in [1.29, 1.82) is 0 Å². The second kappa shape index (κ2) is 6.75. The van der Waals surface area contributed by atoms with Gasteiger partial charge in [0.1, 0.15) is 0 Å². The van der Waals surface area contributed by atoms with E-state index in [4.69, 9.17) is 17.3 Å². The fraction of sp³-hybridized carbons (Fsp3) is 0.400. The third-order valence-corrected chi connectivity index (χ3v) is 2.39. The van der Waals surface area contributed by atoms with Crippen molar-refractivity contribution < 1.29 is 4.79 Å². The van der Waals surface area contributed by atoms with Crippen LogP contribution in [-0.2, 0) is 6.54 Å². The number of hydrogen-bond donors (Lipinski definition) is 2. The Hall–Kier alpha value is -1.89. The van der Waals surface area contributed by atoms with Gasteiger partial charge in [-0.05, 0) is 13.0 Å². The lowest BCUT2D eigenvalue weighted by molar-refractivity contribution is 0.202. The lowest BCUT2D eigenvalue weighted by Crippen LogP contribution is -2.37. The molecule has 1 aromatic rings. The predicted molar refractivity (Wildman–Crippen MR) is 68.8 cm³/mol. The SMILES string of the molecule is Cc1cc(N)c(CNC(=O)N(CCCl)N=O)cn1. The third-order valence-electron chi connectivity index (χ3n) is 2.22. The molecule has 0 saturated heterocycles. The zero-order chi connectivity index (χ0) is 13.5. The van der Waals surface area contributed by atoms with Crippen molar-refractivity contribution in [3.05, 3.63) is 28.4 Å². The topological polar surface area (TPSA) is 101 Å². The average Bonchev–Trinajstić information content (AvgIpc) is 2.34. The summed E-state index contributed by atoms with van der Waals surface area (Å²) >= 11 is 5.43. The van der Waals surface area contributed by atoms with Gasteiger partial charge in [0.2, 0.25) is 0 Å². The molecule has 0 bridgehead atoms. The molecule has 18 heavy (non-hydrogen) atoms. The Bertz CT molecular complexity index is 440. The zero-order valence-electron chi connectivity index (χ0n) is 9.89. The van der Waals surface area contributed by atoms with Crippen LogP contribution in [0.1, 0.15) is 11.3 Å². The number of halogens is 1. The van der Waals surface area contributed by atoms with E-state index in [0.29, 0.717) is 16.3 Å². The predicted octanol–water partition coefficient (Wildman–Crippen LogP) is 1.40. The number of nitrogens with zero attached hydrogens (tertiary/aromatic N) is 3. The Balaban J connectivity index is 2.59. The molecular weight excluding hydrogens is 258 g/mol. The molecule has 0 aliphatic rings. The van der Waals surface area contributed by atoms with Gasteiger partial charge in [0, 0.05) is 35.6 Å². The normalized spacial score (nSPS) is 9.89. The van der Waals surface area contributed by atoms with Gasteiger partial charge in [0.15, 0.2) is 0 Å². The largest absolute Gasteiger partial charge is 0.398 e. The van der Waals surface area contributed by atoms with Crippen LogP contribution in [0.3, 0.4) is 0 Å². The smallest absolute Gasteiger partial charge is 0.340 e. The van der Waals surface area contributed by atoms with E-state index in [0.717, 1.165) is 5.69 Å². The summed E-state index contributed by atoms with van der Waals surface area (Å²) < 4.78 is 0. The second-order valence-electron chi connectivity index (χ2n) is 3.58. The number of carbonyl (C=O) groups is 1. The minimum atomic E-state index is -0.620. The van der Waals surface area contributed by atoms with Crippen molar-refractivity contribution in [1.82, 2.24) is 15.3 Å². The van der Waals surface area contributed by atoms with Gasteiger partial charge in [-0.2, -0.15) is 5.01 Å². The number of pyridine rings is 1. The summed E-state index contributed by atoms with van der Waals surface area (Å²) in [4.78, 5) is 26.0. The number of hydrogen-bond acceptors (Lipinski definition) is 5. The van der Waals surface area contributed by atoms with Crippen LogP contribution >= 0.6 is 11.6 Å². The van der Waals surface area contributed by atoms with E-state index in [1.165, 1.54) is 0 Å². The van der Waals surface area contributed by atoms with E-state index in [2.05, 4.69) is 15.6 Å². The maximum atomic E-state index is 11.5. The Kier molecular flexibility index (Phi) is 5.31. The molecule has 0 saturated carbocycles. The van der Waals surface area contributed by atoms with Crippen molar-refractivity contribution in [3.63, 3.8) is 0 Å². The number of aromatic nitrogens is 1. The molecule has 0 spiro atoms. The van der Waals surface area contributed by atoms with Crippen LogP contribution in [0.5, 0.6) is 0 Å². The van der Waals surface area contributed by atoms with Crippen molar-refractivity contribution >= 4 is 23.3 Å². The van der Waals surface area contributed by atoms with E-state index in [9.17, 15) is 9.70 Å². The van der Waals surface area contributed by atoms with E-state index < -0.39 is 6.03 Å². The Morgan fingerprint density at radius 3 is 2.94 bits per heavy atom. The van der Waals surface area contributed by atoms with Crippen LogP contribution in [0.4, 0.5) is 10.5 Å². The summed E-state index contributed by atoms with van der Waals surface area (Å²) in [5.41, 5.74) is 7.76. The van der Waals surface area contributed by atoms with Crippen LogP contribution in [0.25, 0.3) is 0 Å². The molecule has 1 rings (SSSR count). The summed E-state index contributed by atoms with van der Waals surface area (Å²) in [5, 5.41) is 5.79. The Morgan fingerprint density at radius 1 is 1.67 bits per heavy atom. The number of urea groups is 1. The lowest BCUT2D eigenvalue weighted by atomic mass is 10.2. The molecule has 0 radical (unpaired) electrons. The number of nitrogen functional groups attached to an aromatic ring is 1. The number of anilines is 1. The molecule has 1 heterocycles. The van der Waals surface area contributed by atoms with Crippen molar-refractivity contribution in [2.24, 2.45) is 5.29 Å². The first-order valence-corrected chi connectivity index (χ1v) is 5.77. The number of nitrogens with two attached hydrogens (primary N) is 1. The molecule has 0 fully saturated rings. The minimum absolute atomic E-state index is 0.0541. The van der Waals surface area contributed by atoms with E-state index in [-0.39, 0.29) is 19.0 Å². The van der Waals surface area contributed by atoms with Gasteiger partial charge >= 0.3 is 6.03 Å². The second-order valence-corrected chi connectivity index (χ2v) is 3.95. The number of aryl methyl sites for hydroxylation is 1. The van der Waals surface area contributed by atoms with Gasteiger partial charge < -0.3 is 11.1 Å². The summed E-state index contributed by atoms with van der Waals surface area (Å²) in [5.74, 6) is 0.132. The molecule has 8 heteroatoms. The minimum Gasteiger partial charge on any atom is -0.398 e. The lowest BCUT2D eigenvalue weighted by Gasteiger charge is -2.13. The highest BCUT2D eigenvalue weighted by Crippen LogP contribution is 2.10. The highest BCUT2D eigenvalue weighted by molar-refractivity contribution is 6.18. The van der Waals surface area contributed by atoms with Gasteiger partial charge in [-0.1, -0.05) is 0 Å². The molecule has 7 nitrogen and oxygen atoms in total. The van der Waals surface area contributed by atoms with Crippen LogP contribution in [0.15, 0.2) is 17.5 Å². The third kappa shape index (κ3) is 3.85. The fourth-order valence-electron chi connectivity index (χ4n) is 1.28. The van der Waals surface area contributed by atoms with Gasteiger partial charge in [-0.3, -0.25) is 4.98 Å². The molecule has 0 aliphatic heterocycles. The van der Waals surface area contributed by atoms with E-state index in [1.807, 2.05) is 6.92 Å². The van der Waals surface area contributed by atoms with Gasteiger partial charge in [0.25, 0.3) is 0 Å². The van der Waals surface area contributed by atoms with Gasteiger partial charge in [-0.15, -0.1) is 16.5 Å². The van der Waals surface area contributed by atoms with Gasteiger partial charge in [0.05, 0.1) is 11.8 Å². The molecule has 3 N–H and O–H groups in total. The average molecular weight is 272 g/mol. The Labute approximate surface area is 109 Å². The van der Waals surface area contributed by atoms with E-state index in [1.54, 1.807) is 12.3 Å². The maximum absolute atomic E-state index is 11.5. The van der Waals surface area contributed by atoms with Crippen molar-refractivity contribution in [2.45, 2.75) is 13.5 Å². The molecule has 98 valence electrons. The molecule has 0 atom stereocenters. The Morgan fingerprint density at radius 2 is 2.39 bits per heavy atom. The first-order chi connectivity index (χ1) is 8.58. The first-order valence-electron chi connectivity index (χ1n) is 5.24. The van der Waals surface area contributed by atoms with Crippen LogP contribution < -0.4 is 11.1 Å². The summed E-state index contributed by atoms with van der Waals surface area (Å²) in [6.45, 7) is 2.04.